The summed E-state index contributed by atoms with van der Waals surface area (Å²) in [4.78, 5) is 0. The fourth-order valence-corrected chi connectivity index (χ4v) is 3.64. The van der Waals surface area contributed by atoms with Crippen LogP contribution in [0.3, 0.4) is 0 Å². The number of nitrogens with zero attached hydrogens (tertiary/aromatic N) is 1. The highest BCUT2D eigenvalue weighted by molar-refractivity contribution is 5.49. The highest BCUT2D eigenvalue weighted by Gasteiger charge is 2.34. The Balaban J connectivity index is 2.00. The number of phenols is 1. The van der Waals surface area contributed by atoms with Crippen LogP contribution in [0.5, 0.6) is 23.0 Å². The summed E-state index contributed by atoms with van der Waals surface area (Å²) in [7, 11) is 6.40. The molecule has 1 heterocycles. The van der Waals surface area contributed by atoms with E-state index < -0.39 is 0 Å². The predicted molar refractivity (Wildman–Crippen MR) is 98.8 cm³/mol. The number of fused-ring (bicyclic) bond motifs is 1. The van der Waals surface area contributed by atoms with E-state index in [2.05, 4.69) is 0 Å². The molecule has 6 nitrogen and oxygen atoms in total. The molecule has 0 amide bonds. The van der Waals surface area contributed by atoms with Gasteiger partial charge in [0.05, 0.1) is 34.9 Å². The smallest absolute Gasteiger partial charge is 0.160 e. The summed E-state index contributed by atoms with van der Waals surface area (Å²) in [6.07, 6.45) is 1.20. The van der Waals surface area contributed by atoms with Gasteiger partial charge in [-0.2, -0.15) is 0 Å². The van der Waals surface area contributed by atoms with Gasteiger partial charge in [0.2, 0.25) is 0 Å². The molecule has 0 spiro atoms. The van der Waals surface area contributed by atoms with Crippen LogP contribution in [0.1, 0.15) is 22.7 Å². The summed E-state index contributed by atoms with van der Waals surface area (Å²) < 4.78 is 15.5. The van der Waals surface area contributed by atoms with E-state index in [1.807, 2.05) is 24.3 Å². The number of benzene rings is 2. The van der Waals surface area contributed by atoms with Gasteiger partial charge in [-0.15, -0.1) is 0 Å². The minimum atomic E-state index is -0.382. The Labute approximate surface area is 153 Å². The van der Waals surface area contributed by atoms with Crippen LogP contribution in [0.25, 0.3) is 0 Å². The normalized spacial score (nSPS) is 21.8. The van der Waals surface area contributed by atoms with Gasteiger partial charge in [-0.3, -0.25) is 0 Å². The van der Waals surface area contributed by atoms with Crippen molar-refractivity contribution < 1.29 is 24.0 Å². The minimum absolute atomic E-state index is 0.0606. The molecule has 1 unspecified atom stereocenters. The Morgan fingerprint density at radius 3 is 2.38 bits per heavy atom. The molecule has 0 saturated carbocycles. The fraction of sp³-hybridized carbons (Fsp3) is 0.400. The third-order valence-electron chi connectivity index (χ3n) is 5.16. The zero-order chi connectivity index (χ0) is 18.9. The molecule has 2 aromatic rings. The standard InChI is InChI=1S/C20H25NO5/c1-21(23)8-7-14-11-19(25-3)17(22)12-15(14)16(21)9-13-5-6-18(24-2)20(10-13)26-4/h5-6,10-12,16,22H,7-9H2,1-4H3/t16-,21?/m0/s1. The SMILES string of the molecule is COc1cc2c(cc1O)[C@H](Cc1ccc(OC)c(OC)c1)[N+](C)([O-])CC2. The lowest BCUT2D eigenvalue weighted by molar-refractivity contribution is -0.894. The molecule has 1 aliphatic rings. The fourth-order valence-electron chi connectivity index (χ4n) is 3.64. The van der Waals surface area contributed by atoms with Gasteiger partial charge in [0.1, 0.15) is 6.04 Å². The van der Waals surface area contributed by atoms with E-state index in [-0.39, 0.29) is 16.4 Å². The van der Waals surface area contributed by atoms with Crippen LogP contribution in [0, 0.1) is 5.21 Å². The zero-order valence-electron chi connectivity index (χ0n) is 15.6. The highest BCUT2D eigenvalue weighted by atomic mass is 16.5. The average molecular weight is 359 g/mol. The second-order valence-corrected chi connectivity index (χ2v) is 6.78. The van der Waals surface area contributed by atoms with Crippen LogP contribution < -0.4 is 14.2 Å². The highest BCUT2D eigenvalue weighted by Crippen LogP contribution is 2.42. The number of phenolic OH excluding ortho intramolecular Hbond substituents is 1. The van der Waals surface area contributed by atoms with Crippen LogP contribution in [-0.2, 0) is 12.8 Å². The molecule has 0 aromatic heterocycles. The Bertz CT molecular complexity index is 803. The maximum atomic E-state index is 13.1. The summed E-state index contributed by atoms with van der Waals surface area (Å²) >= 11 is 0. The molecule has 0 fully saturated rings. The van der Waals surface area contributed by atoms with Gasteiger partial charge in [-0.1, -0.05) is 6.07 Å². The van der Waals surface area contributed by atoms with E-state index in [9.17, 15) is 10.3 Å². The number of quaternary nitrogens is 1. The Morgan fingerprint density at radius 2 is 1.73 bits per heavy atom. The third kappa shape index (κ3) is 3.30. The van der Waals surface area contributed by atoms with Crippen LogP contribution in [-0.4, -0.2) is 44.7 Å². The number of hydrogen-bond acceptors (Lipinski definition) is 5. The van der Waals surface area contributed by atoms with E-state index >= 15 is 0 Å². The number of hydrogen-bond donors (Lipinski definition) is 1. The van der Waals surface area contributed by atoms with Crippen molar-refractivity contribution in [1.29, 1.82) is 0 Å². The number of likely N-dealkylation sites (N-methyl/N-ethyl adjacent to an activating group) is 1. The molecule has 26 heavy (non-hydrogen) atoms. The first kappa shape index (κ1) is 18.4. The molecule has 2 atom stereocenters. The summed E-state index contributed by atoms with van der Waals surface area (Å²) in [5, 5.41) is 23.3. The first-order valence-corrected chi connectivity index (χ1v) is 8.56. The number of hydroxylamine groups is 3. The first-order chi connectivity index (χ1) is 12.4. The first-order valence-electron chi connectivity index (χ1n) is 8.56. The van der Waals surface area contributed by atoms with Gasteiger partial charge >= 0.3 is 0 Å². The van der Waals surface area contributed by atoms with Crippen LogP contribution in [0.2, 0.25) is 0 Å². The minimum Gasteiger partial charge on any atom is -0.633 e. The van der Waals surface area contributed by atoms with Gasteiger partial charge < -0.3 is 29.2 Å². The Morgan fingerprint density at radius 1 is 1.04 bits per heavy atom. The summed E-state index contributed by atoms with van der Waals surface area (Å²) in [5.41, 5.74) is 2.91. The molecule has 0 bridgehead atoms. The van der Waals surface area contributed by atoms with Crippen molar-refractivity contribution >= 4 is 0 Å². The van der Waals surface area contributed by atoms with Crippen LogP contribution in [0.4, 0.5) is 0 Å². The lowest BCUT2D eigenvalue weighted by Gasteiger charge is -2.49. The number of ether oxygens (including phenoxy) is 3. The third-order valence-corrected chi connectivity index (χ3v) is 5.16. The van der Waals surface area contributed by atoms with Crippen molar-refractivity contribution in [2.75, 3.05) is 34.9 Å². The van der Waals surface area contributed by atoms with Crippen molar-refractivity contribution in [2.45, 2.75) is 18.9 Å². The molecule has 6 heteroatoms. The maximum Gasteiger partial charge on any atom is 0.160 e. The van der Waals surface area contributed by atoms with Crippen molar-refractivity contribution in [3.05, 3.63) is 52.2 Å². The molecular formula is C20H25NO5. The van der Waals surface area contributed by atoms with Gasteiger partial charge in [0.15, 0.2) is 23.0 Å². The summed E-state index contributed by atoms with van der Waals surface area (Å²) in [5.74, 6) is 1.79. The van der Waals surface area contributed by atoms with Crippen molar-refractivity contribution in [1.82, 2.24) is 0 Å². The molecule has 3 rings (SSSR count). The zero-order valence-corrected chi connectivity index (χ0v) is 15.6. The quantitative estimate of drug-likeness (QED) is 0.656. The van der Waals surface area contributed by atoms with Gasteiger partial charge in [-0.25, -0.2) is 0 Å². The topological polar surface area (TPSA) is 71.0 Å². The van der Waals surface area contributed by atoms with Crippen LogP contribution in [0.15, 0.2) is 30.3 Å². The predicted octanol–water partition coefficient (Wildman–Crippen LogP) is 3.20. The number of rotatable bonds is 5. The van der Waals surface area contributed by atoms with E-state index in [1.165, 1.54) is 7.11 Å². The summed E-state index contributed by atoms with van der Waals surface area (Å²) in [6, 6.07) is 8.89. The van der Waals surface area contributed by atoms with Gasteiger partial charge in [-0.05, 0) is 35.4 Å². The monoisotopic (exact) mass is 359 g/mol. The average Bonchev–Trinajstić information content (AvgIpc) is 2.63. The molecular weight excluding hydrogens is 334 g/mol. The number of aromatic hydroxyl groups is 1. The molecule has 140 valence electrons. The van der Waals surface area contributed by atoms with Crippen molar-refractivity contribution in [3.63, 3.8) is 0 Å². The lowest BCUT2D eigenvalue weighted by atomic mass is 9.88. The van der Waals surface area contributed by atoms with Crippen molar-refractivity contribution in [3.8, 4) is 23.0 Å². The Hall–Kier alpha value is -2.44. The maximum absolute atomic E-state index is 13.1. The van der Waals surface area contributed by atoms with E-state index in [4.69, 9.17) is 14.2 Å². The molecule has 0 radical (unpaired) electrons. The molecule has 0 aliphatic carbocycles. The Kier molecular flexibility index (Phi) is 4.98. The second kappa shape index (κ2) is 7.05. The molecule has 2 aromatic carbocycles. The van der Waals surface area contributed by atoms with Crippen LogP contribution >= 0.6 is 0 Å². The molecule has 1 N–H and O–H groups in total. The lowest BCUT2D eigenvalue weighted by Crippen LogP contribution is -2.47. The number of methoxy groups -OCH3 is 3. The summed E-state index contributed by atoms with van der Waals surface area (Å²) in [6.45, 7) is 0.485. The van der Waals surface area contributed by atoms with Gasteiger partial charge in [0.25, 0.3) is 0 Å². The molecule has 0 saturated heterocycles. The molecule has 1 aliphatic heterocycles. The largest absolute Gasteiger partial charge is 0.633 e. The van der Waals surface area contributed by atoms with Crippen molar-refractivity contribution in [2.24, 2.45) is 0 Å². The van der Waals surface area contributed by atoms with E-state index in [0.29, 0.717) is 36.6 Å². The van der Waals surface area contributed by atoms with E-state index in [0.717, 1.165) is 16.7 Å². The van der Waals surface area contributed by atoms with E-state index in [1.54, 1.807) is 27.3 Å². The van der Waals surface area contributed by atoms with Gasteiger partial charge in [0, 0.05) is 18.4 Å². The second-order valence-electron chi connectivity index (χ2n) is 6.78.